The fourth-order valence-corrected chi connectivity index (χ4v) is 4.53. The van der Waals surface area contributed by atoms with Gasteiger partial charge in [0.25, 0.3) is 5.78 Å². The fraction of sp³-hybridized carbons (Fsp3) is 0.300. The van der Waals surface area contributed by atoms with E-state index < -0.39 is 41.8 Å². The number of ketones is 1. The zero-order chi connectivity index (χ0) is 29.4. The van der Waals surface area contributed by atoms with Crippen molar-refractivity contribution in [1.82, 2.24) is 10.6 Å². The van der Waals surface area contributed by atoms with E-state index in [1.165, 1.54) is 13.8 Å². The van der Waals surface area contributed by atoms with E-state index in [1.807, 2.05) is 30.3 Å². The monoisotopic (exact) mass is 592 g/mol. The molecule has 3 atom stereocenters. The van der Waals surface area contributed by atoms with Gasteiger partial charge in [0.05, 0.1) is 6.04 Å². The van der Waals surface area contributed by atoms with Gasteiger partial charge in [-0.05, 0) is 46.9 Å². The summed E-state index contributed by atoms with van der Waals surface area (Å²) in [5.41, 5.74) is 2.29. The van der Waals surface area contributed by atoms with Gasteiger partial charge in [0, 0.05) is 28.8 Å². The highest BCUT2D eigenvalue weighted by Crippen LogP contribution is 2.29. The Kier molecular flexibility index (Phi) is 10.8. The first-order valence-electron chi connectivity index (χ1n) is 12.6. The lowest BCUT2D eigenvalue weighted by Gasteiger charge is -2.26. The molecule has 0 heterocycles. The van der Waals surface area contributed by atoms with Crippen molar-refractivity contribution in [2.24, 2.45) is 5.92 Å². The van der Waals surface area contributed by atoms with Gasteiger partial charge >= 0.3 is 6.18 Å². The maximum absolute atomic E-state index is 13.4. The maximum atomic E-state index is 13.4. The molecule has 0 aliphatic rings. The number of nitrogens with one attached hydrogen (secondary N) is 2. The molecule has 0 spiro atoms. The van der Waals surface area contributed by atoms with Crippen LogP contribution < -0.4 is 10.6 Å². The number of carbonyl (C=O) groups is 3. The Morgan fingerprint density at radius 3 is 1.82 bits per heavy atom. The second-order valence-electron chi connectivity index (χ2n) is 9.76. The zero-order valence-corrected chi connectivity index (χ0v) is 23.4. The van der Waals surface area contributed by atoms with Gasteiger partial charge in [-0.25, -0.2) is 0 Å². The van der Waals surface area contributed by atoms with Crippen LogP contribution in [0.3, 0.4) is 0 Å². The molecule has 0 saturated carbocycles. The van der Waals surface area contributed by atoms with E-state index in [1.54, 1.807) is 48.5 Å². The van der Waals surface area contributed by atoms with Crippen molar-refractivity contribution in [1.29, 1.82) is 0 Å². The standard InChI is InChI=1S/C30H29Cl2F3N2O3/c1-18(2)27(28(39)30(33,34)35)37-29(40)25(16-19-8-12-22(31)13-9-19)36-26(38)17-24(20-6-4-3-5-7-20)21-10-14-23(32)15-11-21/h3-15,18,24-25,27H,16-17H2,1-2H3,(H,36,38)(H,37,40). The van der Waals surface area contributed by atoms with Crippen molar-refractivity contribution in [3.63, 3.8) is 0 Å². The predicted molar refractivity (Wildman–Crippen MR) is 149 cm³/mol. The van der Waals surface area contributed by atoms with Crippen molar-refractivity contribution in [2.45, 2.75) is 50.9 Å². The van der Waals surface area contributed by atoms with Crippen LogP contribution >= 0.6 is 23.2 Å². The quantitative estimate of drug-likeness (QED) is 0.266. The van der Waals surface area contributed by atoms with Crippen LogP contribution in [0.25, 0.3) is 0 Å². The molecule has 40 heavy (non-hydrogen) atoms. The lowest BCUT2D eigenvalue weighted by atomic mass is 9.88. The van der Waals surface area contributed by atoms with Gasteiger partial charge in [-0.15, -0.1) is 0 Å². The zero-order valence-electron chi connectivity index (χ0n) is 21.8. The van der Waals surface area contributed by atoms with Gasteiger partial charge in [-0.1, -0.05) is 91.6 Å². The average molecular weight is 593 g/mol. The minimum absolute atomic E-state index is 0.0310. The third-order valence-electron chi connectivity index (χ3n) is 6.39. The SMILES string of the molecule is CC(C)C(NC(=O)C(Cc1ccc(Cl)cc1)NC(=O)CC(c1ccccc1)c1ccc(Cl)cc1)C(=O)C(F)(F)F. The molecule has 0 aromatic heterocycles. The number of hydrogen-bond acceptors (Lipinski definition) is 3. The van der Waals surface area contributed by atoms with Gasteiger partial charge < -0.3 is 10.6 Å². The molecular weight excluding hydrogens is 564 g/mol. The molecule has 0 aliphatic carbocycles. The largest absolute Gasteiger partial charge is 0.452 e. The average Bonchev–Trinajstić information content (AvgIpc) is 2.91. The van der Waals surface area contributed by atoms with E-state index in [-0.39, 0.29) is 18.8 Å². The van der Waals surface area contributed by atoms with Crippen molar-refractivity contribution >= 4 is 40.8 Å². The molecule has 10 heteroatoms. The normalized spacial score (nSPS) is 13.8. The molecule has 3 unspecified atom stereocenters. The molecule has 2 amide bonds. The van der Waals surface area contributed by atoms with Crippen molar-refractivity contribution in [3.8, 4) is 0 Å². The molecule has 0 radical (unpaired) electrons. The number of amides is 2. The number of halogens is 5. The number of benzene rings is 3. The van der Waals surface area contributed by atoms with Crippen molar-refractivity contribution in [2.75, 3.05) is 0 Å². The maximum Gasteiger partial charge on any atom is 0.452 e. The number of alkyl halides is 3. The lowest BCUT2D eigenvalue weighted by molar-refractivity contribution is -0.175. The van der Waals surface area contributed by atoms with Crippen molar-refractivity contribution in [3.05, 3.63) is 106 Å². The summed E-state index contributed by atoms with van der Waals surface area (Å²) in [4.78, 5) is 38.6. The van der Waals surface area contributed by atoms with E-state index in [2.05, 4.69) is 10.6 Å². The van der Waals surface area contributed by atoms with Crippen LogP contribution in [0.2, 0.25) is 10.0 Å². The minimum atomic E-state index is -5.13. The number of rotatable bonds is 11. The molecule has 0 saturated heterocycles. The van der Waals surface area contributed by atoms with E-state index >= 15 is 0 Å². The van der Waals surface area contributed by atoms with Crippen LogP contribution in [0.4, 0.5) is 13.2 Å². The Bertz CT molecular complexity index is 1300. The van der Waals surface area contributed by atoms with Crippen LogP contribution in [0.5, 0.6) is 0 Å². The van der Waals surface area contributed by atoms with E-state index in [9.17, 15) is 27.6 Å². The van der Waals surface area contributed by atoms with Gasteiger partial charge in [0.2, 0.25) is 11.8 Å². The summed E-state index contributed by atoms with van der Waals surface area (Å²) in [7, 11) is 0. The highest BCUT2D eigenvalue weighted by atomic mass is 35.5. The Morgan fingerprint density at radius 1 is 0.775 bits per heavy atom. The predicted octanol–water partition coefficient (Wildman–Crippen LogP) is 6.52. The number of hydrogen-bond donors (Lipinski definition) is 2. The summed E-state index contributed by atoms with van der Waals surface area (Å²) < 4.78 is 39.6. The second-order valence-corrected chi connectivity index (χ2v) is 10.6. The second kappa shape index (κ2) is 13.8. The molecule has 3 rings (SSSR count). The summed E-state index contributed by atoms with van der Waals surface area (Å²) in [5, 5.41) is 5.89. The molecule has 0 bridgehead atoms. The first-order chi connectivity index (χ1) is 18.8. The third-order valence-corrected chi connectivity index (χ3v) is 6.90. The van der Waals surface area contributed by atoms with Crippen LogP contribution in [-0.2, 0) is 20.8 Å². The van der Waals surface area contributed by atoms with E-state index in [0.717, 1.165) is 11.1 Å². The summed E-state index contributed by atoms with van der Waals surface area (Å²) in [6.45, 7) is 2.80. The summed E-state index contributed by atoms with van der Waals surface area (Å²) in [5.74, 6) is -4.67. The summed E-state index contributed by atoms with van der Waals surface area (Å²) in [6.07, 6.45) is -5.21. The van der Waals surface area contributed by atoms with E-state index in [0.29, 0.717) is 15.6 Å². The highest BCUT2D eigenvalue weighted by Gasteiger charge is 2.45. The highest BCUT2D eigenvalue weighted by molar-refractivity contribution is 6.30. The Morgan fingerprint density at radius 2 is 1.30 bits per heavy atom. The Balaban J connectivity index is 1.87. The first-order valence-corrected chi connectivity index (χ1v) is 13.4. The van der Waals surface area contributed by atoms with Gasteiger partial charge in [-0.2, -0.15) is 13.2 Å². The Hall–Kier alpha value is -3.36. The smallest absolute Gasteiger partial charge is 0.344 e. The van der Waals surface area contributed by atoms with Crippen LogP contribution in [0.1, 0.15) is 42.9 Å². The summed E-state index contributed by atoms with van der Waals surface area (Å²) >= 11 is 12.0. The summed E-state index contributed by atoms with van der Waals surface area (Å²) in [6, 6.07) is 19.8. The topological polar surface area (TPSA) is 75.3 Å². The fourth-order valence-electron chi connectivity index (χ4n) is 4.28. The number of Topliss-reactive ketones (excluding diaryl/α,β-unsaturated/α-hetero) is 1. The molecule has 212 valence electrons. The molecule has 2 N–H and O–H groups in total. The Labute approximate surface area is 241 Å². The molecular formula is C30H29Cl2F3N2O3. The van der Waals surface area contributed by atoms with Crippen LogP contribution in [-0.4, -0.2) is 35.9 Å². The van der Waals surface area contributed by atoms with Gasteiger partial charge in [0.1, 0.15) is 6.04 Å². The molecule has 3 aromatic carbocycles. The van der Waals surface area contributed by atoms with E-state index in [4.69, 9.17) is 23.2 Å². The number of carbonyl (C=O) groups excluding carboxylic acids is 3. The molecule has 5 nitrogen and oxygen atoms in total. The molecule has 0 fully saturated rings. The third kappa shape index (κ3) is 8.83. The van der Waals surface area contributed by atoms with Gasteiger partial charge in [0.15, 0.2) is 0 Å². The molecule has 0 aliphatic heterocycles. The lowest BCUT2D eigenvalue weighted by Crippen LogP contribution is -2.56. The van der Waals surface area contributed by atoms with Crippen LogP contribution in [0.15, 0.2) is 78.9 Å². The first kappa shape index (κ1) is 31.2. The van der Waals surface area contributed by atoms with Crippen molar-refractivity contribution < 1.29 is 27.6 Å². The molecule has 3 aromatic rings. The van der Waals surface area contributed by atoms with Crippen LogP contribution in [0, 0.1) is 5.92 Å². The van der Waals surface area contributed by atoms with Gasteiger partial charge in [-0.3, -0.25) is 14.4 Å². The minimum Gasteiger partial charge on any atom is -0.344 e.